The largest absolute Gasteiger partial charge is 0.486 e. The number of hydrogen-bond donors (Lipinski definition) is 1. The Balaban J connectivity index is 2.26. The topological polar surface area (TPSA) is 84.9 Å². The van der Waals surface area contributed by atoms with Gasteiger partial charge in [-0.3, -0.25) is 4.79 Å². The van der Waals surface area contributed by atoms with Gasteiger partial charge in [-0.05, 0) is 19.1 Å². The van der Waals surface area contributed by atoms with E-state index in [4.69, 9.17) is 9.47 Å². The fraction of sp³-hybridized carbons (Fsp3) is 0.500. The Kier molecular flexibility index (Phi) is 5.25. The van der Waals surface area contributed by atoms with Gasteiger partial charge in [-0.15, -0.1) is 0 Å². The van der Waals surface area contributed by atoms with Crippen LogP contribution in [0.4, 0.5) is 0 Å². The van der Waals surface area contributed by atoms with Crippen LogP contribution in [0.5, 0.6) is 11.5 Å². The minimum Gasteiger partial charge on any atom is -0.486 e. The normalized spacial score (nSPS) is 14.0. The van der Waals surface area contributed by atoms with E-state index in [1.165, 1.54) is 12.1 Å². The number of hydrogen-bond acceptors (Lipinski definition) is 5. The number of amides is 1. The number of ether oxygens (including phenoxy) is 2. The molecule has 1 aliphatic rings. The predicted molar refractivity (Wildman–Crippen MR) is 80.5 cm³/mol. The van der Waals surface area contributed by atoms with Gasteiger partial charge in [0.15, 0.2) is 11.5 Å². The van der Waals surface area contributed by atoms with E-state index in [9.17, 15) is 13.2 Å². The summed E-state index contributed by atoms with van der Waals surface area (Å²) in [6, 6.07) is 4.47. The van der Waals surface area contributed by atoms with Crippen LogP contribution in [0.15, 0.2) is 23.1 Å². The SMILES string of the molecule is CCNC(=O)CN(CC)S(=O)(=O)c1ccc2c(c1)OCCO2. The molecule has 1 aliphatic heterocycles. The number of benzene rings is 1. The highest BCUT2D eigenvalue weighted by molar-refractivity contribution is 7.89. The Labute approximate surface area is 130 Å². The fourth-order valence-electron chi connectivity index (χ4n) is 2.11. The van der Waals surface area contributed by atoms with E-state index < -0.39 is 10.0 Å². The first-order valence-electron chi connectivity index (χ1n) is 7.15. The second kappa shape index (κ2) is 6.97. The highest BCUT2D eigenvalue weighted by Gasteiger charge is 2.27. The van der Waals surface area contributed by atoms with Crippen molar-refractivity contribution < 1.29 is 22.7 Å². The molecule has 0 atom stereocenters. The summed E-state index contributed by atoms with van der Waals surface area (Å²) in [6.07, 6.45) is 0. The smallest absolute Gasteiger partial charge is 0.243 e. The van der Waals surface area contributed by atoms with Gasteiger partial charge in [0, 0.05) is 19.2 Å². The van der Waals surface area contributed by atoms with Crippen molar-refractivity contribution in [3.63, 3.8) is 0 Å². The third-order valence-electron chi connectivity index (χ3n) is 3.20. The van der Waals surface area contributed by atoms with Gasteiger partial charge in [0.1, 0.15) is 13.2 Å². The van der Waals surface area contributed by atoms with Gasteiger partial charge in [0.25, 0.3) is 0 Å². The molecule has 0 saturated carbocycles. The van der Waals surface area contributed by atoms with E-state index in [1.807, 2.05) is 0 Å². The number of rotatable bonds is 6. The van der Waals surface area contributed by atoms with Crippen LogP contribution in [-0.2, 0) is 14.8 Å². The van der Waals surface area contributed by atoms with Crippen molar-refractivity contribution in [1.29, 1.82) is 0 Å². The molecular weight excluding hydrogens is 308 g/mol. The van der Waals surface area contributed by atoms with E-state index in [0.717, 1.165) is 4.31 Å². The number of likely N-dealkylation sites (N-methyl/N-ethyl adjacent to an activating group) is 2. The van der Waals surface area contributed by atoms with Gasteiger partial charge in [0.05, 0.1) is 11.4 Å². The lowest BCUT2D eigenvalue weighted by Gasteiger charge is -2.22. The van der Waals surface area contributed by atoms with Crippen molar-refractivity contribution in [3.05, 3.63) is 18.2 Å². The van der Waals surface area contributed by atoms with E-state index in [0.29, 0.717) is 31.3 Å². The Hall–Kier alpha value is -1.80. The fourth-order valence-corrected chi connectivity index (χ4v) is 3.53. The van der Waals surface area contributed by atoms with Crippen molar-refractivity contribution in [2.45, 2.75) is 18.7 Å². The summed E-state index contributed by atoms with van der Waals surface area (Å²) < 4.78 is 37.2. The first kappa shape index (κ1) is 16.6. The van der Waals surface area contributed by atoms with E-state index in [1.54, 1.807) is 19.9 Å². The van der Waals surface area contributed by atoms with E-state index in [-0.39, 0.29) is 23.9 Å². The monoisotopic (exact) mass is 328 g/mol. The number of nitrogens with zero attached hydrogens (tertiary/aromatic N) is 1. The number of carbonyl (C=O) groups is 1. The van der Waals surface area contributed by atoms with Crippen LogP contribution in [0.25, 0.3) is 0 Å². The molecular formula is C14H20N2O5S. The van der Waals surface area contributed by atoms with Gasteiger partial charge in [-0.25, -0.2) is 8.42 Å². The second-order valence-corrected chi connectivity index (χ2v) is 6.63. The molecule has 122 valence electrons. The van der Waals surface area contributed by atoms with Crippen LogP contribution >= 0.6 is 0 Å². The molecule has 1 heterocycles. The third kappa shape index (κ3) is 3.50. The van der Waals surface area contributed by atoms with Gasteiger partial charge in [-0.2, -0.15) is 4.31 Å². The molecule has 8 heteroatoms. The maximum Gasteiger partial charge on any atom is 0.243 e. The molecule has 0 saturated heterocycles. The summed E-state index contributed by atoms with van der Waals surface area (Å²) in [5, 5.41) is 2.59. The quantitative estimate of drug-likeness (QED) is 0.827. The molecule has 0 unspecified atom stereocenters. The van der Waals surface area contributed by atoms with E-state index >= 15 is 0 Å². The molecule has 22 heavy (non-hydrogen) atoms. The molecule has 7 nitrogen and oxygen atoms in total. The Morgan fingerprint density at radius 3 is 2.55 bits per heavy atom. The molecule has 1 aromatic rings. The molecule has 0 aliphatic carbocycles. The van der Waals surface area contributed by atoms with Crippen LogP contribution in [0, 0.1) is 0 Å². The molecule has 0 aromatic heterocycles. The Morgan fingerprint density at radius 1 is 1.23 bits per heavy atom. The standard InChI is InChI=1S/C14H20N2O5S/c1-3-15-14(17)10-16(4-2)22(18,19)11-5-6-12-13(9-11)21-8-7-20-12/h5-6,9H,3-4,7-8,10H2,1-2H3,(H,15,17). The van der Waals surface area contributed by atoms with Gasteiger partial charge >= 0.3 is 0 Å². The first-order valence-corrected chi connectivity index (χ1v) is 8.59. The van der Waals surface area contributed by atoms with Gasteiger partial charge < -0.3 is 14.8 Å². The molecule has 0 radical (unpaired) electrons. The highest BCUT2D eigenvalue weighted by Crippen LogP contribution is 2.33. The maximum absolute atomic E-state index is 12.6. The molecule has 0 bridgehead atoms. The average Bonchev–Trinajstić information content (AvgIpc) is 2.52. The Bertz CT molecular complexity index is 645. The summed E-state index contributed by atoms with van der Waals surface area (Å²) in [7, 11) is -3.76. The molecule has 1 N–H and O–H groups in total. The molecule has 1 amide bonds. The lowest BCUT2D eigenvalue weighted by atomic mass is 10.3. The van der Waals surface area contributed by atoms with Gasteiger partial charge in [-0.1, -0.05) is 6.92 Å². The van der Waals surface area contributed by atoms with Crippen molar-refractivity contribution >= 4 is 15.9 Å². The zero-order valence-electron chi connectivity index (χ0n) is 12.7. The number of fused-ring (bicyclic) bond motifs is 1. The second-order valence-electron chi connectivity index (χ2n) is 4.69. The zero-order chi connectivity index (χ0) is 16.2. The maximum atomic E-state index is 12.6. The van der Waals surface area contributed by atoms with E-state index in [2.05, 4.69) is 5.32 Å². The number of nitrogens with one attached hydrogen (secondary N) is 1. The molecule has 1 aromatic carbocycles. The first-order chi connectivity index (χ1) is 10.5. The van der Waals surface area contributed by atoms with Crippen molar-refractivity contribution in [2.24, 2.45) is 0 Å². The minimum atomic E-state index is -3.76. The summed E-state index contributed by atoms with van der Waals surface area (Å²) in [6.45, 7) is 4.75. The van der Waals surface area contributed by atoms with Crippen LogP contribution in [0.3, 0.4) is 0 Å². The Morgan fingerprint density at radius 2 is 1.91 bits per heavy atom. The van der Waals surface area contributed by atoms with Crippen LogP contribution in [0.1, 0.15) is 13.8 Å². The summed E-state index contributed by atoms with van der Waals surface area (Å²) >= 11 is 0. The third-order valence-corrected chi connectivity index (χ3v) is 5.11. The highest BCUT2D eigenvalue weighted by atomic mass is 32.2. The van der Waals surface area contributed by atoms with Crippen molar-refractivity contribution in [1.82, 2.24) is 9.62 Å². The number of sulfonamides is 1. The minimum absolute atomic E-state index is 0.0860. The molecule has 0 fully saturated rings. The predicted octanol–water partition coefficient (Wildman–Crippen LogP) is 0.605. The molecule has 0 spiro atoms. The summed E-state index contributed by atoms with van der Waals surface area (Å²) in [4.78, 5) is 11.7. The van der Waals surface area contributed by atoms with Crippen LogP contribution in [0.2, 0.25) is 0 Å². The van der Waals surface area contributed by atoms with Crippen molar-refractivity contribution in [3.8, 4) is 11.5 Å². The molecule has 2 rings (SSSR count). The lowest BCUT2D eigenvalue weighted by Crippen LogP contribution is -2.40. The average molecular weight is 328 g/mol. The lowest BCUT2D eigenvalue weighted by molar-refractivity contribution is -0.121. The van der Waals surface area contributed by atoms with Crippen LogP contribution < -0.4 is 14.8 Å². The summed E-state index contributed by atoms with van der Waals surface area (Å²) in [5.74, 6) is 0.601. The van der Waals surface area contributed by atoms with Gasteiger partial charge in [0.2, 0.25) is 15.9 Å². The number of carbonyl (C=O) groups excluding carboxylic acids is 1. The van der Waals surface area contributed by atoms with Crippen LogP contribution in [-0.4, -0.2) is 51.5 Å². The zero-order valence-corrected chi connectivity index (χ0v) is 13.5. The summed E-state index contributed by atoms with van der Waals surface area (Å²) in [5.41, 5.74) is 0. The van der Waals surface area contributed by atoms with Crippen molar-refractivity contribution in [2.75, 3.05) is 32.8 Å².